The van der Waals surface area contributed by atoms with E-state index in [0.717, 1.165) is 18.9 Å². The fraction of sp³-hybridized carbons (Fsp3) is 0.538. The second-order valence-electron chi connectivity index (χ2n) is 4.58. The first-order valence-corrected chi connectivity index (χ1v) is 5.72. The fourth-order valence-corrected chi connectivity index (χ4v) is 2.37. The summed E-state index contributed by atoms with van der Waals surface area (Å²) in [6, 6.07) is 7.55. The van der Waals surface area contributed by atoms with Gasteiger partial charge >= 0.3 is 0 Å². The molecule has 1 fully saturated rings. The van der Waals surface area contributed by atoms with Gasteiger partial charge in [0.25, 0.3) is 0 Å². The van der Waals surface area contributed by atoms with Crippen molar-refractivity contribution in [3.05, 3.63) is 35.6 Å². The van der Waals surface area contributed by atoms with E-state index in [1.54, 1.807) is 12.1 Å². The van der Waals surface area contributed by atoms with E-state index in [-0.39, 0.29) is 5.82 Å². The first-order valence-electron chi connectivity index (χ1n) is 5.72. The Kier molecular flexibility index (Phi) is 3.37. The van der Waals surface area contributed by atoms with Crippen LogP contribution in [0.4, 0.5) is 4.39 Å². The number of piperidine rings is 1. The Hall–Kier alpha value is -0.890. The molecule has 1 heterocycles. The lowest BCUT2D eigenvalue weighted by Gasteiger charge is -2.28. The molecule has 0 aliphatic carbocycles. The van der Waals surface area contributed by atoms with Crippen molar-refractivity contribution >= 4 is 0 Å². The van der Waals surface area contributed by atoms with Crippen LogP contribution in [-0.4, -0.2) is 12.6 Å². The molecule has 1 aromatic carbocycles. The molecule has 1 aliphatic rings. The fourth-order valence-electron chi connectivity index (χ4n) is 2.37. The first-order chi connectivity index (χ1) is 7.24. The minimum Gasteiger partial charge on any atom is -0.314 e. The first kappa shape index (κ1) is 10.6. The highest BCUT2D eigenvalue weighted by atomic mass is 19.1. The average molecular weight is 207 g/mol. The SMILES string of the molecule is C[C@@H]1CC(Cc2ccc(F)cc2)CCN1. The van der Waals surface area contributed by atoms with Crippen LogP contribution in [0.1, 0.15) is 25.3 Å². The molecule has 2 heteroatoms. The maximum atomic E-state index is 12.7. The van der Waals surface area contributed by atoms with E-state index in [1.165, 1.54) is 18.4 Å². The van der Waals surface area contributed by atoms with Gasteiger partial charge in [0.2, 0.25) is 0 Å². The highest BCUT2D eigenvalue weighted by Crippen LogP contribution is 2.20. The van der Waals surface area contributed by atoms with Crippen molar-refractivity contribution in [2.45, 2.75) is 32.2 Å². The summed E-state index contributed by atoms with van der Waals surface area (Å²) in [7, 11) is 0. The van der Waals surface area contributed by atoms with Crippen LogP contribution in [0.15, 0.2) is 24.3 Å². The Labute approximate surface area is 90.7 Å². The minimum absolute atomic E-state index is 0.141. The van der Waals surface area contributed by atoms with Gasteiger partial charge in [0.1, 0.15) is 5.82 Å². The van der Waals surface area contributed by atoms with E-state index in [9.17, 15) is 4.39 Å². The summed E-state index contributed by atoms with van der Waals surface area (Å²) in [5.41, 5.74) is 1.26. The summed E-state index contributed by atoms with van der Waals surface area (Å²) in [6.45, 7) is 3.35. The summed E-state index contributed by atoms with van der Waals surface area (Å²) in [6.07, 6.45) is 3.56. The lowest BCUT2D eigenvalue weighted by Crippen LogP contribution is -2.36. The van der Waals surface area contributed by atoms with Crippen LogP contribution < -0.4 is 5.32 Å². The third-order valence-electron chi connectivity index (χ3n) is 3.17. The molecular weight excluding hydrogens is 189 g/mol. The molecule has 0 amide bonds. The molecule has 0 saturated carbocycles. The van der Waals surface area contributed by atoms with Gasteiger partial charge in [0.15, 0.2) is 0 Å². The van der Waals surface area contributed by atoms with Gasteiger partial charge in [-0.2, -0.15) is 0 Å². The van der Waals surface area contributed by atoms with Crippen molar-refractivity contribution in [3.63, 3.8) is 0 Å². The molecule has 1 N–H and O–H groups in total. The normalized spacial score (nSPS) is 26.5. The van der Waals surface area contributed by atoms with Crippen LogP contribution >= 0.6 is 0 Å². The maximum absolute atomic E-state index is 12.7. The van der Waals surface area contributed by atoms with E-state index >= 15 is 0 Å². The molecule has 0 radical (unpaired) electrons. The second kappa shape index (κ2) is 4.75. The number of halogens is 1. The van der Waals surface area contributed by atoms with Gasteiger partial charge in [0, 0.05) is 6.04 Å². The number of benzene rings is 1. The Morgan fingerprint density at radius 2 is 2.07 bits per heavy atom. The zero-order chi connectivity index (χ0) is 10.7. The molecule has 2 atom stereocenters. The molecular formula is C13H18FN. The average Bonchev–Trinajstić information content (AvgIpc) is 2.22. The van der Waals surface area contributed by atoms with Crippen molar-refractivity contribution < 1.29 is 4.39 Å². The molecule has 1 aromatic rings. The van der Waals surface area contributed by atoms with Gasteiger partial charge in [0.05, 0.1) is 0 Å². The zero-order valence-electron chi connectivity index (χ0n) is 9.17. The van der Waals surface area contributed by atoms with Crippen LogP contribution in [-0.2, 0) is 6.42 Å². The number of nitrogens with one attached hydrogen (secondary N) is 1. The molecule has 1 saturated heterocycles. The largest absolute Gasteiger partial charge is 0.314 e. The van der Waals surface area contributed by atoms with E-state index in [0.29, 0.717) is 6.04 Å². The van der Waals surface area contributed by atoms with Gasteiger partial charge in [-0.1, -0.05) is 12.1 Å². The van der Waals surface area contributed by atoms with Crippen molar-refractivity contribution in [1.29, 1.82) is 0 Å². The highest BCUT2D eigenvalue weighted by molar-refractivity contribution is 5.16. The Morgan fingerprint density at radius 3 is 2.73 bits per heavy atom. The van der Waals surface area contributed by atoms with Crippen molar-refractivity contribution in [1.82, 2.24) is 5.32 Å². The number of rotatable bonds is 2. The topological polar surface area (TPSA) is 12.0 Å². The summed E-state index contributed by atoms with van der Waals surface area (Å²) >= 11 is 0. The van der Waals surface area contributed by atoms with Gasteiger partial charge in [-0.25, -0.2) is 4.39 Å². The molecule has 0 bridgehead atoms. The molecule has 82 valence electrons. The third kappa shape index (κ3) is 3.03. The zero-order valence-corrected chi connectivity index (χ0v) is 9.17. The quantitative estimate of drug-likeness (QED) is 0.786. The maximum Gasteiger partial charge on any atom is 0.123 e. The third-order valence-corrected chi connectivity index (χ3v) is 3.17. The monoisotopic (exact) mass is 207 g/mol. The summed E-state index contributed by atoms with van der Waals surface area (Å²) < 4.78 is 12.7. The highest BCUT2D eigenvalue weighted by Gasteiger charge is 2.18. The van der Waals surface area contributed by atoms with Crippen LogP contribution in [0.25, 0.3) is 0 Å². The van der Waals surface area contributed by atoms with Crippen molar-refractivity contribution in [2.75, 3.05) is 6.54 Å². The van der Waals surface area contributed by atoms with Gasteiger partial charge in [-0.05, 0) is 56.3 Å². The number of hydrogen-bond acceptors (Lipinski definition) is 1. The molecule has 1 nitrogen and oxygen atoms in total. The lowest BCUT2D eigenvalue weighted by atomic mass is 9.88. The number of hydrogen-bond donors (Lipinski definition) is 1. The van der Waals surface area contributed by atoms with E-state index in [2.05, 4.69) is 12.2 Å². The second-order valence-corrected chi connectivity index (χ2v) is 4.58. The molecule has 0 spiro atoms. The predicted molar refractivity (Wildman–Crippen MR) is 60.3 cm³/mol. The molecule has 15 heavy (non-hydrogen) atoms. The Morgan fingerprint density at radius 1 is 1.33 bits per heavy atom. The molecule has 2 rings (SSSR count). The summed E-state index contributed by atoms with van der Waals surface area (Å²) in [5, 5.41) is 3.45. The molecule has 0 aromatic heterocycles. The van der Waals surface area contributed by atoms with E-state index in [4.69, 9.17) is 0 Å². The van der Waals surface area contributed by atoms with Gasteiger partial charge in [-0.3, -0.25) is 0 Å². The predicted octanol–water partition coefficient (Wildman–Crippen LogP) is 2.76. The standard InChI is InChI=1S/C13H18FN/c1-10-8-12(6-7-15-10)9-11-2-4-13(14)5-3-11/h2-5,10,12,15H,6-9H2,1H3/t10-,12?/m1/s1. The Bertz CT molecular complexity index is 307. The van der Waals surface area contributed by atoms with E-state index in [1.807, 2.05) is 12.1 Å². The van der Waals surface area contributed by atoms with Crippen molar-refractivity contribution in [2.24, 2.45) is 5.92 Å². The van der Waals surface area contributed by atoms with Crippen LogP contribution in [0.2, 0.25) is 0 Å². The van der Waals surface area contributed by atoms with Crippen LogP contribution in [0.3, 0.4) is 0 Å². The minimum atomic E-state index is -0.141. The smallest absolute Gasteiger partial charge is 0.123 e. The van der Waals surface area contributed by atoms with Crippen LogP contribution in [0, 0.1) is 11.7 Å². The van der Waals surface area contributed by atoms with E-state index < -0.39 is 0 Å². The lowest BCUT2D eigenvalue weighted by molar-refractivity contribution is 0.314. The summed E-state index contributed by atoms with van der Waals surface area (Å²) in [5.74, 6) is 0.615. The molecule has 1 unspecified atom stereocenters. The van der Waals surface area contributed by atoms with Gasteiger partial charge in [-0.15, -0.1) is 0 Å². The van der Waals surface area contributed by atoms with Gasteiger partial charge < -0.3 is 5.32 Å². The van der Waals surface area contributed by atoms with Crippen LogP contribution in [0.5, 0.6) is 0 Å². The summed E-state index contributed by atoms with van der Waals surface area (Å²) in [4.78, 5) is 0. The Balaban J connectivity index is 1.93. The van der Waals surface area contributed by atoms with Crippen molar-refractivity contribution in [3.8, 4) is 0 Å². The molecule has 1 aliphatic heterocycles.